The van der Waals surface area contributed by atoms with E-state index in [1.807, 2.05) is 13.0 Å². The van der Waals surface area contributed by atoms with E-state index in [1.54, 1.807) is 7.11 Å². The average Bonchev–Trinajstić information content (AvgIpc) is 2.79. The molecule has 21 heavy (non-hydrogen) atoms. The first-order chi connectivity index (χ1) is 9.93. The second-order valence-electron chi connectivity index (χ2n) is 6.34. The molecule has 0 N–H and O–H groups in total. The fourth-order valence-corrected chi connectivity index (χ4v) is 3.38. The molecule has 2 rings (SSSR count). The molecule has 116 valence electrons. The number of allylic oxidation sites excluding steroid dienone is 1. The predicted octanol–water partition coefficient (Wildman–Crippen LogP) is 4.45. The minimum absolute atomic E-state index is 0.379. The van der Waals surface area contributed by atoms with Crippen LogP contribution >= 0.6 is 0 Å². The van der Waals surface area contributed by atoms with Gasteiger partial charge in [-0.25, -0.2) is 0 Å². The summed E-state index contributed by atoms with van der Waals surface area (Å²) in [6.45, 7) is 9.15. The Hall–Kier alpha value is -1.42. The molecule has 0 saturated carbocycles. The SMILES string of the molecule is CCOC(=C[C@@H]1CCc2cc(OC)ccc21)O[Si](C)(C)C. The van der Waals surface area contributed by atoms with E-state index < -0.39 is 8.32 Å². The molecule has 1 aliphatic rings. The van der Waals surface area contributed by atoms with Crippen LogP contribution in [0.5, 0.6) is 5.75 Å². The van der Waals surface area contributed by atoms with E-state index in [0.29, 0.717) is 18.5 Å². The molecule has 0 saturated heterocycles. The molecule has 0 amide bonds. The maximum atomic E-state index is 6.05. The summed E-state index contributed by atoms with van der Waals surface area (Å²) in [7, 11) is 0.0623. The lowest BCUT2D eigenvalue weighted by atomic mass is 10.0. The van der Waals surface area contributed by atoms with Crippen LogP contribution in [0.15, 0.2) is 30.2 Å². The van der Waals surface area contributed by atoms with Gasteiger partial charge < -0.3 is 13.9 Å². The molecule has 1 aromatic carbocycles. The van der Waals surface area contributed by atoms with Crippen molar-refractivity contribution in [3.8, 4) is 5.75 Å². The molecular weight excluding hydrogens is 280 g/mol. The van der Waals surface area contributed by atoms with E-state index in [4.69, 9.17) is 13.9 Å². The van der Waals surface area contributed by atoms with Gasteiger partial charge >= 0.3 is 0 Å². The van der Waals surface area contributed by atoms with E-state index in [0.717, 1.165) is 18.6 Å². The summed E-state index contributed by atoms with van der Waals surface area (Å²) in [6.07, 6.45) is 4.34. The number of aryl methyl sites for hydroxylation is 1. The maximum absolute atomic E-state index is 6.05. The van der Waals surface area contributed by atoms with Gasteiger partial charge in [0.15, 0.2) is 0 Å². The van der Waals surface area contributed by atoms with Crippen molar-refractivity contribution in [1.29, 1.82) is 0 Å². The lowest BCUT2D eigenvalue weighted by molar-refractivity contribution is 0.110. The van der Waals surface area contributed by atoms with E-state index >= 15 is 0 Å². The van der Waals surface area contributed by atoms with Gasteiger partial charge in [0, 0.05) is 12.0 Å². The number of rotatable bonds is 6. The highest BCUT2D eigenvalue weighted by atomic mass is 28.4. The van der Waals surface area contributed by atoms with Gasteiger partial charge in [-0.2, -0.15) is 0 Å². The van der Waals surface area contributed by atoms with Crippen LogP contribution in [0.25, 0.3) is 0 Å². The fourth-order valence-electron chi connectivity index (χ4n) is 2.65. The van der Waals surface area contributed by atoms with Crippen LogP contribution in [0, 0.1) is 0 Å². The van der Waals surface area contributed by atoms with Crippen LogP contribution in [-0.4, -0.2) is 22.0 Å². The van der Waals surface area contributed by atoms with Crippen molar-refractivity contribution in [3.63, 3.8) is 0 Å². The van der Waals surface area contributed by atoms with Gasteiger partial charge in [0.25, 0.3) is 5.95 Å². The molecule has 4 heteroatoms. The first-order valence-corrected chi connectivity index (χ1v) is 11.0. The molecular formula is C17H26O3Si. The van der Waals surface area contributed by atoms with E-state index in [-0.39, 0.29) is 0 Å². The fraction of sp³-hybridized carbons (Fsp3) is 0.529. The molecule has 0 aromatic heterocycles. The zero-order chi connectivity index (χ0) is 15.5. The Morgan fingerprint density at radius 2 is 2.10 bits per heavy atom. The van der Waals surface area contributed by atoms with Crippen LogP contribution in [0.3, 0.4) is 0 Å². The van der Waals surface area contributed by atoms with Crippen LogP contribution in [0.1, 0.15) is 30.4 Å². The van der Waals surface area contributed by atoms with Crippen molar-refractivity contribution >= 4 is 8.32 Å². The Bertz CT molecular complexity index is 517. The van der Waals surface area contributed by atoms with Crippen molar-refractivity contribution in [1.82, 2.24) is 0 Å². The lowest BCUT2D eigenvalue weighted by Crippen LogP contribution is -2.25. The van der Waals surface area contributed by atoms with Gasteiger partial charge in [0.05, 0.1) is 13.7 Å². The number of fused-ring (bicyclic) bond motifs is 1. The molecule has 1 atom stereocenters. The van der Waals surface area contributed by atoms with Crippen LogP contribution in [0.2, 0.25) is 19.6 Å². The van der Waals surface area contributed by atoms with E-state index in [2.05, 4.69) is 37.8 Å². The molecule has 3 nitrogen and oxygen atoms in total. The van der Waals surface area contributed by atoms with Crippen molar-refractivity contribution < 1.29 is 13.9 Å². The zero-order valence-corrected chi connectivity index (χ0v) is 14.7. The van der Waals surface area contributed by atoms with Gasteiger partial charge in [-0.15, -0.1) is 0 Å². The summed E-state index contributed by atoms with van der Waals surface area (Å²) in [5, 5.41) is 0. The summed E-state index contributed by atoms with van der Waals surface area (Å²) in [5.74, 6) is 2.01. The van der Waals surface area contributed by atoms with Crippen molar-refractivity contribution in [2.24, 2.45) is 0 Å². The molecule has 0 unspecified atom stereocenters. The highest BCUT2D eigenvalue weighted by molar-refractivity contribution is 6.70. The van der Waals surface area contributed by atoms with Gasteiger partial charge in [-0.1, -0.05) is 6.07 Å². The zero-order valence-electron chi connectivity index (χ0n) is 13.7. The number of ether oxygens (including phenoxy) is 2. The third-order valence-electron chi connectivity index (χ3n) is 3.50. The molecule has 0 heterocycles. The minimum atomic E-state index is -1.65. The molecule has 0 spiro atoms. The predicted molar refractivity (Wildman–Crippen MR) is 88.2 cm³/mol. The topological polar surface area (TPSA) is 27.7 Å². The summed E-state index contributed by atoms with van der Waals surface area (Å²) in [4.78, 5) is 0. The summed E-state index contributed by atoms with van der Waals surface area (Å²) < 4.78 is 17.0. The van der Waals surface area contributed by atoms with E-state index in [1.165, 1.54) is 11.1 Å². The Balaban J connectivity index is 2.21. The standard InChI is InChI=1S/C17H26O3Si/c1-6-19-17(20-21(3,4)5)12-14-8-7-13-11-15(18-2)9-10-16(13)14/h9-12,14H,6-8H2,1-5H3/t14-/m0/s1. The molecule has 0 fully saturated rings. The summed E-state index contributed by atoms with van der Waals surface area (Å²) >= 11 is 0. The first kappa shape index (κ1) is 16.0. The first-order valence-electron chi connectivity index (χ1n) is 7.63. The second-order valence-corrected chi connectivity index (χ2v) is 10.8. The van der Waals surface area contributed by atoms with Gasteiger partial charge in [0.2, 0.25) is 8.32 Å². The molecule has 0 aliphatic heterocycles. The normalized spacial score (nSPS) is 18.3. The summed E-state index contributed by atoms with van der Waals surface area (Å²) in [6, 6.07) is 6.34. The van der Waals surface area contributed by atoms with Gasteiger partial charge in [-0.05, 0) is 62.7 Å². The van der Waals surface area contributed by atoms with Crippen LogP contribution in [-0.2, 0) is 15.6 Å². The number of hydrogen-bond acceptors (Lipinski definition) is 3. The molecule has 1 aliphatic carbocycles. The van der Waals surface area contributed by atoms with Crippen molar-refractivity contribution in [3.05, 3.63) is 41.3 Å². The van der Waals surface area contributed by atoms with Crippen molar-refractivity contribution in [2.45, 2.75) is 45.3 Å². The monoisotopic (exact) mass is 306 g/mol. The van der Waals surface area contributed by atoms with Crippen LogP contribution in [0.4, 0.5) is 0 Å². The van der Waals surface area contributed by atoms with Crippen LogP contribution < -0.4 is 4.74 Å². The maximum Gasteiger partial charge on any atom is 0.261 e. The smallest absolute Gasteiger partial charge is 0.261 e. The molecule has 0 bridgehead atoms. The minimum Gasteiger partial charge on any atom is -0.520 e. The Morgan fingerprint density at radius 3 is 2.71 bits per heavy atom. The number of methoxy groups -OCH3 is 1. The average molecular weight is 306 g/mol. The highest BCUT2D eigenvalue weighted by Gasteiger charge is 2.24. The highest BCUT2D eigenvalue weighted by Crippen LogP contribution is 2.37. The number of benzene rings is 1. The quantitative estimate of drug-likeness (QED) is 0.574. The third kappa shape index (κ3) is 4.27. The second kappa shape index (κ2) is 6.56. The molecule has 1 aromatic rings. The summed E-state index contributed by atoms with van der Waals surface area (Å²) in [5.41, 5.74) is 2.74. The Kier molecular flexibility index (Phi) is 4.98. The van der Waals surface area contributed by atoms with E-state index in [9.17, 15) is 0 Å². The Morgan fingerprint density at radius 1 is 1.33 bits per heavy atom. The Labute approximate surface area is 129 Å². The number of hydrogen-bond donors (Lipinski definition) is 0. The van der Waals surface area contributed by atoms with Gasteiger partial charge in [-0.3, -0.25) is 0 Å². The third-order valence-corrected chi connectivity index (χ3v) is 4.32. The lowest BCUT2D eigenvalue weighted by Gasteiger charge is -2.22. The van der Waals surface area contributed by atoms with Crippen molar-refractivity contribution in [2.75, 3.05) is 13.7 Å². The largest absolute Gasteiger partial charge is 0.520 e. The van der Waals surface area contributed by atoms with Gasteiger partial charge in [0.1, 0.15) is 5.75 Å². The molecule has 0 radical (unpaired) electrons.